The standard InChI is InChI=1S/C10H13NO/c1-7-6-10(12)11(2)9-5-3-4-8(7)9/h6H,3-5H2,1-2H3. The van der Waals surface area contributed by atoms with Gasteiger partial charge >= 0.3 is 0 Å². The molecule has 0 aliphatic heterocycles. The molecule has 0 N–H and O–H groups in total. The van der Waals surface area contributed by atoms with E-state index in [4.69, 9.17) is 0 Å². The first-order valence-electron chi connectivity index (χ1n) is 4.38. The largest absolute Gasteiger partial charge is 0.315 e. The van der Waals surface area contributed by atoms with Crippen LogP contribution in [0, 0.1) is 6.92 Å². The summed E-state index contributed by atoms with van der Waals surface area (Å²) in [4.78, 5) is 11.4. The van der Waals surface area contributed by atoms with Crippen molar-refractivity contribution in [1.29, 1.82) is 0 Å². The smallest absolute Gasteiger partial charge is 0.250 e. The van der Waals surface area contributed by atoms with Crippen LogP contribution in [0.3, 0.4) is 0 Å². The fraction of sp³-hybridized carbons (Fsp3) is 0.500. The molecule has 1 aromatic rings. The third kappa shape index (κ3) is 0.909. The molecule has 1 aliphatic carbocycles. The zero-order valence-electron chi connectivity index (χ0n) is 7.55. The summed E-state index contributed by atoms with van der Waals surface area (Å²) in [6.45, 7) is 2.03. The Labute approximate surface area is 71.8 Å². The van der Waals surface area contributed by atoms with Crippen LogP contribution >= 0.6 is 0 Å². The van der Waals surface area contributed by atoms with E-state index in [1.54, 1.807) is 10.6 Å². The normalized spacial score (nSPS) is 14.8. The number of aromatic nitrogens is 1. The van der Waals surface area contributed by atoms with Crippen LogP contribution in [-0.2, 0) is 19.9 Å². The van der Waals surface area contributed by atoms with Crippen molar-refractivity contribution in [2.75, 3.05) is 0 Å². The summed E-state index contributed by atoms with van der Waals surface area (Å²) in [6, 6.07) is 1.74. The Kier molecular flexibility index (Phi) is 1.56. The van der Waals surface area contributed by atoms with Gasteiger partial charge in [0.2, 0.25) is 0 Å². The maximum atomic E-state index is 11.4. The lowest BCUT2D eigenvalue weighted by Gasteiger charge is -2.07. The predicted molar refractivity (Wildman–Crippen MR) is 48.4 cm³/mol. The Morgan fingerprint density at radius 2 is 2.17 bits per heavy atom. The second-order valence-corrected chi connectivity index (χ2v) is 3.50. The molecule has 0 atom stereocenters. The number of nitrogens with zero attached hydrogens (tertiary/aromatic N) is 1. The lowest BCUT2D eigenvalue weighted by molar-refractivity contribution is 0.777. The third-order valence-corrected chi connectivity index (χ3v) is 2.74. The molecule has 1 aromatic heterocycles. The lowest BCUT2D eigenvalue weighted by Crippen LogP contribution is -2.20. The van der Waals surface area contributed by atoms with Gasteiger partial charge in [-0.1, -0.05) is 0 Å². The minimum Gasteiger partial charge on any atom is -0.315 e. The molecule has 0 spiro atoms. The minimum absolute atomic E-state index is 0.133. The van der Waals surface area contributed by atoms with Gasteiger partial charge in [0.05, 0.1) is 0 Å². The number of fused-ring (bicyclic) bond motifs is 1. The van der Waals surface area contributed by atoms with Crippen molar-refractivity contribution in [3.63, 3.8) is 0 Å². The summed E-state index contributed by atoms with van der Waals surface area (Å²) in [5.74, 6) is 0. The van der Waals surface area contributed by atoms with Crippen molar-refractivity contribution >= 4 is 0 Å². The maximum Gasteiger partial charge on any atom is 0.250 e. The predicted octanol–water partition coefficient (Wildman–Crippen LogP) is 1.18. The first-order chi connectivity index (χ1) is 5.70. The summed E-state index contributed by atoms with van der Waals surface area (Å²) in [5, 5.41) is 0. The van der Waals surface area contributed by atoms with Crippen LogP contribution in [0.1, 0.15) is 23.2 Å². The minimum atomic E-state index is 0.133. The van der Waals surface area contributed by atoms with Crippen LogP contribution in [0.15, 0.2) is 10.9 Å². The van der Waals surface area contributed by atoms with Crippen molar-refractivity contribution in [3.8, 4) is 0 Å². The highest BCUT2D eigenvalue weighted by atomic mass is 16.1. The van der Waals surface area contributed by atoms with Gasteiger partial charge in [-0.3, -0.25) is 4.79 Å². The summed E-state index contributed by atoms with van der Waals surface area (Å²) in [6.07, 6.45) is 3.42. The fourth-order valence-electron chi connectivity index (χ4n) is 2.02. The molecule has 0 radical (unpaired) electrons. The number of pyridine rings is 1. The lowest BCUT2D eigenvalue weighted by atomic mass is 10.1. The molecule has 0 bridgehead atoms. The molecule has 0 unspecified atom stereocenters. The molecule has 12 heavy (non-hydrogen) atoms. The van der Waals surface area contributed by atoms with Gasteiger partial charge in [-0.15, -0.1) is 0 Å². The van der Waals surface area contributed by atoms with Gasteiger partial charge in [-0.2, -0.15) is 0 Å². The van der Waals surface area contributed by atoms with Gasteiger partial charge < -0.3 is 4.57 Å². The Bertz CT molecular complexity index is 376. The molecule has 1 aliphatic rings. The van der Waals surface area contributed by atoms with Crippen LogP contribution in [0.5, 0.6) is 0 Å². The fourth-order valence-corrected chi connectivity index (χ4v) is 2.02. The number of rotatable bonds is 0. The van der Waals surface area contributed by atoms with Crippen molar-refractivity contribution in [2.24, 2.45) is 7.05 Å². The molecule has 64 valence electrons. The van der Waals surface area contributed by atoms with Gasteiger partial charge in [-0.05, 0) is 37.3 Å². The van der Waals surface area contributed by atoms with Crippen LogP contribution in [0.25, 0.3) is 0 Å². The van der Waals surface area contributed by atoms with Crippen LogP contribution in [-0.4, -0.2) is 4.57 Å². The van der Waals surface area contributed by atoms with E-state index in [1.807, 2.05) is 14.0 Å². The highest BCUT2D eigenvalue weighted by Gasteiger charge is 2.16. The number of hydrogen-bond donors (Lipinski definition) is 0. The van der Waals surface area contributed by atoms with Crippen LogP contribution in [0.2, 0.25) is 0 Å². The van der Waals surface area contributed by atoms with Gasteiger partial charge in [0.25, 0.3) is 5.56 Å². The Balaban J connectivity index is 2.78. The first kappa shape index (κ1) is 7.59. The summed E-state index contributed by atoms with van der Waals surface area (Å²) in [5.41, 5.74) is 3.95. The molecule has 2 heteroatoms. The summed E-state index contributed by atoms with van der Waals surface area (Å²) < 4.78 is 1.79. The first-order valence-corrected chi connectivity index (χ1v) is 4.38. The Hall–Kier alpha value is -1.05. The molecule has 0 amide bonds. The van der Waals surface area contributed by atoms with Crippen molar-refractivity contribution < 1.29 is 0 Å². The molecule has 0 aromatic carbocycles. The highest BCUT2D eigenvalue weighted by Crippen LogP contribution is 2.22. The van der Waals surface area contributed by atoms with Gasteiger partial charge in [0, 0.05) is 18.8 Å². The highest BCUT2D eigenvalue weighted by molar-refractivity contribution is 5.33. The summed E-state index contributed by atoms with van der Waals surface area (Å²) >= 11 is 0. The molecular formula is C10H13NO. The van der Waals surface area contributed by atoms with Gasteiger partial charge in [-0.25, -0.2) is 0 Å². The van der Waals surface area contributed by atoms with Crippen molar-refractivity contribution in [2.45, 2.75) is 26.2 Å². The molecule has 2 rings (SSSR count). The van der Waals surface area contributed by atoms with Crippen LogP contribution < -0.4 is 5.56 Å². The van der Waals surface area contributed by atoms with Gasteiger partial charge in [0.1, 0.15) is 0 Å². The second kappa shape index (κ2) is 2.47. The third-order valence-electron chi connectivity index (χ3n) is 2.74. The zero-order chi connectivity index (χ0) is 8.72. The monoisotopic (exact) mass is 163 g/mol. The molecular weight excluding hydrogens is 150 g/mol. The quantitative estimate of drug-likeness (QED) is 0.563. The second-order valence-electron chi connectivity index (χ2n) is 3.50. The Morgan fingerprint density at radius 1 is 1.42 bits per heavy atom. The SMILES string of the molecule is Cc1cc(=O)n(C)c2c1CCC2. The number of aryl methyl sites for hydroxylation is 1. The Morgan fingerprint density at radius 3 is 2.92 bits per heavy atom. The van der Waals surface area contributed by atoms with E-state index in [-0.39, 0.29) is 5.56 Å². The van der Waals surface area contributed by atoms with E-state index in [0.717, 1.165) is 12.8 Å². The molecule has 2 nitrogen and oxygen atoms in total. The molecule has 0 saturated carbocycles. The van der Waals surface area contributed by atoms with E-state index >= 15 is 0 Å². The van der Waals surface area contributed by atoms with Crippen molar-refractivity contribution in [1.82, 2.24) is 4.57 Å². The van der Waals surface area contributed by atoms with E-state index in [9.17, 15) is 4.79 Å². The van der Waals surface area contributed by atoms with E-state index in [0.29, 0.717) is 0 Å². The molecule has 0 saturated heterocycles. The van der Waals surface area contributed by atoms with E-state index < -0.39 is 0 Å². The average Bonchev–Trinajstić information content (AvgIpc) is 2.48. The molecule has 0 fully saturated rings. The summed E-state index contributed by atoms with van der Waals surface area (Å²) in [7, 11) is 1.87. The van der Waals surface area contributed by atoms with Gasteiger partial charge in [0.15, 0.2) is 0 Å². The van der Waals surface area contributed by atoms with E-state index in [2.05, 4.69) is 0 Å². The number of hydrogen-bond acceptors (Lipinski definition) is 1. The average molecular weight is 163 g/mol. The van der Waals surface area contributed by atoms with E-state index in [1.165, 1.54) is 23.2 Å². The maximum absolute atomic E-state index is 11.4. The van der Waals surface area contributed by atoms with Crippen molar-refractivity contribution in [3.05, 3.63) is 33.2 Å². The zero-order valence-corrected chi connectivity index (χ0v) is 7.55. The van der Waals surface area contributed by atoms with Crippen LogP contribution in [0.4, 0.5) is 0 Å². The topological polar surface area (TPSA) is 22.0 Å². The molecule has 1 heterocycles.